The zero-order valence-corrected chi connectivity index (χ0v) is 31.7. The summed E-state index contributed by atoms with van der Waals surface area (Å²) in [6.45, 7) is 0. The number of benzene rings is 9. The first-order valence-corrected chi connectivity index (χ1v) is 20.0. The minimum atomic E-state index is 0.701. The van der Waals surface area contributed by atoms with Gasteiger partial charge in [-0.05, 0) is 75.8 Å². The van der Waals surface area contributed by atoms with E-state index < -0.39 is 0 Å². The molecule has 9 aromatic carbocycles. The molecule has 0 atom stereocenters. The van der Waals surface area contributed by atoms with E-state index in [1.807, 2.05) is 6.07 Å². The summed E-state index contributed by atoms with van der Waals surface area (Å²) in [4.78, 5) is 10.6. The Bertz CT molecular complexity index is 3690. The van der Waals surface area contributed by atoms with Crippen LogP contribution in [-0.4, -0.2) is 19.1 Å². The molecule has 13 rings (SSSR count). The number of para-hydroxylation sites is 4. The van der Waals surface area contributed by atoms with Crippen LogP contribution in [0.25, 0.3) is 110 Å². The molecule has 0 saturated heterocycles. The van der Waals surface area contributed by atoms with Crippen LogP contribution in [0, 0.1) is 0 Å². The van der Waals surface area contributed by atoms with Crippen LogP contribution in [0.1, 0.15) is 0 Å². The summed E-state index contributed by atoms with van der Waals surface area (Å²) in [5.41, 5.74) is 11.7. The molecular formula is C54H32N4O. The molecule has 0 N–H and O–H groups in total. The first-order valence-electron chi connectivity index (χ1n) is 20.0. The lowest BCUT2D eigenvalue weighted by Gasteiger charge is -2.21. The molecule has 1 aliphatic rings. The summed E-state index contributed by atoms with van der Waals surface area (Å²) < 4.78 is 11.3. The van der Waals surface area contributed by atoms with Crippen LogP contribution in [-0.2, 0) is 0 Å². The summed E-state index contributed by atoms with van der Waals surface area (Å²) >= 11 is 0. The van der Waals surface area contributed by atoms with Gasteiger partial charge in [0, 0.05) is 43.7 Å². The summed E-state index contributed by atoms with van der Waals surface area (Å²) in [5.74, 6) is 2.41. The zero-order valence-electron chi connectivity index (χ0n) is 31.7. The average Bonchev–Trinajstić information content (AvgIpc) is 3.83. The minimum Gasteiger partial charge on any atom is -0.453 e. The fourth-order valence-electron chi connectivity index (χ4n) is 9.45. The monoisotopic (exact) mass is 752 g/mol. The molecule has 12 aromatic rings. The van der Waals surface area contributed by atoms with Crippen LogP contribution >= 0.6 is 0 Å². The van der Waals surface area contributed by atoms with Gasteiger partial charge in [0.15, 0.2) is 17.3 Å². The molecule has 1 aliphatic heterocycles. The van der Waals surface area contributed by atoms with Crippen LogP contribution in [0.5, 0.6) is 11.5 Å². The van der Waals surface area contributed by atoms with E-state index in [0.29, 0.717) is 5.82 Å². The quantitative estimate of drug-likeness (QED) is 0.168. The van der Waals surface area contributed by atoms with Gasteiger partial charge in [0.2, 0.25) is 0 Å². The first-order chi connectivity index (χ1) is 29.3. The number of fused-ring (bicyclic) bond motifs is 11. The molecule has 4 heterocycles. The van der Waals surface area contributed by atoms with Crippen LogP contribution in [0.3, 0.4) is 0 Å². The van der Waals surface area contributed by atoms with E-state index in [1.54, 1.807) is 0 Å². The maximum atomic E-state index is 6.54. The van der Waals surface area contributed by atoms with Crippen molar-refractivity contribution >= 4 is 65.3 Å². The Hall–Kier alpha value is -8.02. The summed E-state index contributed by atoms with van der Waals surface area (Å²) in [6.07, 6.45) is 0. The summed E-state index contributed by atoms with van der Waals surface area (Å²) in [6, 6.07) is 68.8. The molecule has 59 heavy (non-hydrogen) atoms. The highest BCUT2D eigenvalue weighted by Gasteiger charge is 2.29. The fourth-order valence-corrected chi connectivity index (χ4v) is 9.45. The van der Waals surface area contributed by atoms with E-state index in [1.165, 1.54) is 21.5 Å². The third-order valence-corrected chi connectivity index (χ3v) is 12.1. The lowest BCUT2D eigenvalue weighted by atomic mass is 9.97. The van der Waals surface area contributed by atoms with Crippen molar-refractivity contribution < 1.29 is 4.74 Å². The largest absolute Gasteiger partial charge is 0.453 e. The Morgan fingerprint density at radius 1 is 0.424 bits per heavy atom. The zero-order chi connectivity index (χ0) is 38.6. The highest BCUT2D eigenvalue weighted by molar-refractivity contribution is 6.27. The molecule has 3 aromatic heterocycles. The van der Waals surface area contributed by atoms with Crippen molar-refractivity contribution in [1.82, 2.24) is 19.1 Å². The maximum Gasteiger partial charge on any atom is 0.160 e. The Balaban J connectivity index is 1.04. The van der Waals surface area contributed by atoms with E-state index in [2.05, 4.69) is 197 Å². The van der Waals surface area contributed by atoms with Crippen LogP contribution < -0.4 is 4.74 Å². The van der Waals surface area contributed by atoms with Gasteiger partial charge < -0.3 is 4.74 Å². The van der Waals surface area contributed by atoms with Crippen molar-refractivity contribution in [3.63, 3.8) is 0 Å². The maximum absolute atomic E-state index is 6.54. The van der Waals surface area contributed by atoms with Crippen molar-refractivity contribution in [3.05, 3.63) is 194 Å². The number of aromatic nitrogens is 4. The Morgan fingerprint density at radius 2 is 1.12 bits per heavy atom. The van der Waals surface area contributed by atoms with Gasteiger partial charge in [0.25, 0.3) is 0 Å². The van der Waals surface area contributed by atoms with Gasteiger partial charge in [-0.25, -0.2) is 9.97 Å². The molecule has 0 amide bonds. The fraction of sp³-hybridized carbons (Fsp3) is 0. The van der Waals surface area contributed by atoms with Crippen molar-refractivity contribution in [1.29, 1.82) is 0 Å². The van der Waals surface area contributed by atoms with E-state index >= 15 is 0 Å². The van der Waals surface area contributed by atoms with E-state index in [4.69, 9.17) is 14.7 Å². The number of hydrogen-bond donors (Lipinski definition) is 0. The van der Waals surface area contributed by atoms with Crippen LogP contribution in [0.2, 0.25) is 0 Å². The van der Waals surface area contributed by atoms with Gasteiger partial charge in [-0.1, -0.05) is 146 Å². The number of rotatable bonds is 4. The molecule has 0 unspecified atom stereocenters. The summed E-state index contributed by atoms with van der Waals surface area (Å²) in [5, 5.41) is 9.27. The third kappa shape index (κ3) is 4.67. The molecule has 5 heteroatoms. The van der Waals surface area contributed by atoms with Crippen molar-refractivity contribution in [2.75, 3.05) is 0 Å². The highest BCUT2D eigenvalue weighted by atomic mass is 16.5. The van der Waals surface area contributed by atoms with E-state index in [0.717, 1.165) is 94.6 Å². The third-order valence-electron chi connectivity index (χ3n) is 12.1. The predicted molar refractivity (Wildman–Crippen MR) is 242 cm³/mol. The van der Waals surface area contributed by atoms with Gasteiger partial charge in [-0.15, -0.1) is 0 Å². The standard InChI is InChI=1S/C54H32N4O/c1-2-15-39(16-3-1)57-45-21-10-18-40(48(45)49-42-19-11-23-47-52(42)58(54(49)57)44-20-8-9-22-46(44)59-47)35-25-27-36(28-26-35)53-55-50(38-29-24-33-12-4-5-14-37(33)32-38)43-31-30-34-13-6-7-17-41(34)51(43)56-53/h1-32H. The average molecular weight is 753 g/mol. The molecule has 0 saturated carbocycles. The molecule has 0 fully saturated rings. The second kappa shape index (κ2) is 12.2. The van der Waals surface area contributed by atoms with E-state index in [-0.39, 0.29) is 0 Å². The van der Waals surface area contributed by atoms with Crippen LogP contribution in [0.4, 0.5) is 0 Å². The molecule has 5 nitrogen and oxygen atoms in total. The first kappa shape index (κ1) is 32.1. The molecule has 0 bridgehead atoms. The highest BCUT2D eigenvalue weighted by Crippen LogP contribution is 2.50. The van der Waals surface area contributed by atoms with Gasteiger partial charge in [-0.3, -0.25) is 9.13 Å². The van der Waals surface area contributed by atoms with Gasteiger partial charge in [0.1, 0.15) is 5.65 Å². The smallest absolute Gasteiger partial charge is 0.160 e. The Labute approximate surface area is 338 Å². The van der Waals surface area contributed by atoms with Crippen molar-refractivity contribution in [3.8, 4) is 56.6 Å². The minimum absolute atomic E-state index is 0.701. The topological polar surface area (TPSA) is 44.9 Å². The molecule has 0 aliphatic carbocycles. The van der Waals surface area contributed by atoms with Crippen LogP contribution in [0.15, 0.2) is 194 Å². The molecule has 0 radical (unpaired) electrons. The lowest BCUT2D eigenvalue weighted by molar-refractivity contribution is 0.476. The second-order valence-electron chi connectivity index (χ2n) is 15.3. The van der Waals surface area contributed by atoms with Gasteiger partial charge in [-0.2, -0.15) is 0 Å². The van der Waals surface area contributed by atoms with Crippen molar-refractivity contribution in [2.45, 2.75) is 0 Å². The molecular weight excluding hydrogens is 721 g/mol. The lowest BCUT2D eigenvalue weighted by Crippen LogP contribution is -2.06. The number of nitrogens with zero attached hydrogens (tertiary/aromatic N) is 4. The van der Waals surface area contributed by atoms with E-state index in [9.17, 15) is 0 Å². The SMILES string of the molecule is c1ccc(-n2c3cccc(-c4ccc(-c5nc(-c6ccc7ccccc7c6)c6ccc7ccccc7c6n5)cc4)c3c3c4cccc5c4n(c32)-c2ccccc2O5)cc1. The second-order valence-corrected chi connectivity index (χ2v) is 15.3. The Kier molecular flexibility index (Phi) is 6.66. The number of hydrogen-bond acceptors (Lipinski definition) is 3. The normalized spacial score (nSPS) is 12.2. The molecule has 0 spiro atoms. The predicted octanol–water partition coefficient (Wildman–Crippen LogP) is 14.1. The molecule has 274 valence electrons. The van der Waals surface area contributed by atoms with Crippen molar-refractivity contribution in [2.24, 2.45) is 0 Å². The summed E-state index contributed by atoms with van der Waals surface area (Å²) in [7, 11) is 0. The Morgan fingerprint density at radius 3 is 2.02 bits per heavy atom. The van der Waals surface area contributed by atoms with Gasteiger partial charge >= 0.3 is 0 Å². The van der Waals surface area contributed by atoms with Gasteiger partial charge in [0.05, 0.1) is 27.9 Å². The number of ether oxygens (including phenoxy) is 1.